The number of alkyl halides is 3. The largest absolute Gasteiger partial charge is 0.416 e. The fraction of sp³-hybridized carbons (Fsp3) is 0.423. The summed E-state index contributed by atoms with van der Waals surface area (Å²) in [5, 5.41) is 0. The molecule has 0 atom stereocenters. The molecule has 0 spiro atoms. The number of aromatic nitrogens is 3. The summed E-state index contributed by atoms with van der Waals surface area (Å²) in [6, 6.07) is 9.12. The van der Waals surface area contributed by atoms with E-state index in [2.05, 4.69) is 14.9 Å². The molecule has 1 amide bonds. The van der Waals surface area contributed by atoms with Gasteiger partial charge in [0.2, 0.25) is 0 Å². The molecule has 2 saturated heterocycles. The molecule has 0 aliphatic carbocycles. The Morgan fingerprint density at radius 2 is 1.71 bits per heavy atom. The number of halogens is 3. The lowest BCUT2D eigenvalue weighted by Gasteiger charge is -2.36. The zero-order valence-corrected chi connectivity index (χ0v) is 19.6. The maximum atomic E-state index is 13.8. The number of imidazole rings is 1. The zero-order valence-electron chi connectivity index (χ0n) is 19.6. The Bertz CT molecular complexity index is 1190. The number of hydrogen-bond acceptors (Lipinski definition) is 4. The lowest BCUT2D eigenvalue weighted by atomic mass is 10.0. The van der Waals surface area contributed by atoms with Gasteiger partial charge in [0.05, 0.1) is 5.56 Å². The van der Waals surface area contributed by atoms with Crippen LogP contribution < -0.4 is 0 Å². The standard InChI is InChI=1S/C26H28F3N5O/c1-32-23(25(35)34-14-9-21(10-15-34)33-12-2-3-13-33)22(19-7-5-11-30-17-19)31-24(32)18-6-4-8-20(16-18)26(27,28)29/h4-8,11,16-17,21H,2-3,9-10,12-15H2,1H3. The van der Waals surface area contributed by atoms with Crippen molar-refractivity contribution in [3.63, 3.8) is 0 Å². The van der Waals surface area contributed by atoms with Crippen LogP contribution in [-0.2, 0) is 13.2 Å². The number of carbonyl (C=O) groups is 1. The van der Waals surface area contributed by atoms with Crippen LogP contribution in [0.25, 0.3) is 22.6 Å². The molecule has 0 saturated carbocycles. The number of piperidine rings is 1. The SMILES string of the molecule is Cn1c(-c2cccc(C(F)(F)F)c2)nc(-c2cccnc2)c1C(=O)N1CCC(N2CCCC2)CC1. The highest BCUT2D eigenvalue weighted by Crippen LogP contribution is 2.34. The molecule has 184 valence electrons. The van der Waals surface area contributed by atoms with Crippen LogP contribution in [0.4, 0.5) is 13.2 Å². The van der Waals surface area contributed by atoms with Crippen LogP contribution in [0, 0.1) is 0 Å². The highest BCUT2D eigenvalue weighted by molar-refractivity contribution is 5.99. The van der Waals surface area contributed by atoms with Gasteiger partial charge in [-0.2, -0.15) is 13.2 Å². The van der Waals surface area contributed by atoms with Crippen molar-refractivity contribution in [1.82, 2.24) is 24.3 Å². The number of nitrogens with zero attached hydrogens (tertiary/aromatic N) is 5. The Hall–Kier alpha value is -3.20. The zero-order chi connectivity index (χ0) is 24.6. The van der Waals surface area contributed by atoms with Crippen LogP contribution in [0.2, 0.25) is 0 Å². The Balaban J connectivity index is 1.49. The van der Waals surface area contributed by atoms with Crippen molar-refractivity contribution in [3.05, 3.63) is 60.0 Å². The van der Waals surface area contributed by atoms with Gasteiger partial charge in [-0.1, -0.05) is 12.1 Å². The molecule has 2 aliphatic rings. The summed E-state index contributed by atoms with van der Waals surface area (Å²) in [5.41, 5.74) is 0.999. The summed E-state index contributed by atoms with van der Waals surface area (Å²) >= 11 is 0. The van der Waals surface area contributed by atoms with Gasteiger partial charge in [-0.15, -0.1) is 0 Å². The number of carbonyl (C=O) groups excluding carboxylic acids is 1. The van der Waals surface area contributed by atoms with E-state index in [1.54, 1.807) is 36.1 Å². The minimum atomic E-state index is -4.47. The number of amides is 1. The lowest BCUT2D eigenvalue weighted by molar-refractivity contribution is -0.137. The highest BCUT2D eigenvalue weighted by Gasteiger charge is 2.33. The first-order chi connectivity index (χ1) is 16.8. The molecule has 35 heavy (non-hydrogen) atoms. The molecular formula is C26H28F3N5O. The van der Waals surface area contributed by atoms with Crippen LogP contribution in [0.15, 0.2) is 48.8 Å². The van der Waals surface area contributed by atoms with E-state index in [0.29, 0.717) is 47.5 Å². The van der Waals surface area contributed by atoms with Gasteiger partial charge in [0.15, 0.2) is 0 Å². The van der Waals surface area contributed by atoms with E-state index in [1.165, 1.54) is 18.9 Å². The first-order valence-corrected chi connectivity index (χ1v) is 12.0. The van der Waals surface area contributed by atoms with E-state index in [4.69, 9.17) is 0 Å². The van der Waals surface area contributed by atoms with Gasteiger partial charge in [0.1, 0.15) is 17.2 Å². The van der Waals surface area contributed by atoms with Crippen molar-refractivity contribution in [2.24, 2.45) is 7.05 Å². The molecule has 5 rings (SSSR count). The van der Waals surface area contributed by atoms with E-state index in [0.717, 1.165) is 38.1 Å². The van der Waals surface area contributed by atoms with Gasteiger partial charge in [0, 0.05) is 49.7 Å². The molecule has 2 aliphatic heterocycles. The Kier molecular flexibility index (Phi) is 6.35. The summed E-state index contributed by atoms with van der Waals surface area (Å²) in [5.74, 6) is 0.155. The minimum absolute atomic E-state index is 0.156. The normalized spacial score (nSPS) is 17.8. The van der Waals surface area contributed by atoms with Crippen molar-refractivity contribution < 1.29 is 18.0 Å². The number of benzene rings is 1. The summed E-state index contributed by atoms with van der Waals surface area (Å²) in [6.45, 7) is 3.56. The molecular weight excluding hydrogens is 455 g/mol. The van der Waals surface area contributed by atoms with Gasteiger partial charge < -0.3 is 14.4 Å². The fourth-order valence-electron chi connectivity index (χ4n) is 5.23. The smallest absolute Gasteiger partial charge is 0.337 e. The average Bonchev–Trinajstić information content (AvgIpc) is 3.52. The van der Waals surface area contributed by atoms with E-state index in [-0.39, 0.29) is 5.91 Å². The van der Waals surface area contributed by atoms with Crippen molar-refractivity contribution in [2.45, 2.75) is 37.9 Å². The second-order valence-electron chi connectivity index (χ2n) is 9.28. The quantitative estimate of drug-likeness (QED) is 0.532. The van der Waals surface area contributed by atoms with Crippen molar-refractivity contribution >= 4 is 5.91 Å². The van der Waals surface area contributed by atoms with Crippen LogP contribution in [0.1, 0.15) is 41.7 Å². The molecule has 0 bridgehead atoms. The van der Waals surface area contributed by atoms with E-state index in [9.17, 15) is 18.0 Å². The average molecular weight is 484 g/mol. The number of rotatable bonds is 4. The molecule has 6 nitrogen and oxygen atoms in total. The third kappa shape index (κ3) is 4.69. The van der Waals surface area contributed by atoms with Gasteiger partial charge in [-0.3, -0.25) is 9.78 Å². The third-order valence-electron chi connectivity index (χ3n) is 7.09. The van der Waals surface area contributed by atoms with Crippen molar-refractivity contribution in [3.8, 4) is 22.6 Å². The molecule has 4 heterocycles. The van der Waals surface area contributed by atoms with Gasteiger partial charge in [-0.25, -0.2) is 4.98 Å². The van der Waals surface area contributed by atoms with E-state index >= 15 is 0 Å². The predicted molar refractivity (Wildman–Crippen MR) is 127 cm³/mol. The summed E-state index contributed by atoms with van der Waals surface area (Å²) in [6.07, 6.45) is 3.10. The molecule has 0 N–H and O–H groups in total. The van der Waals surface area contributed by atoms with Crippen molar-refractivity contribution in [1.29, 1.82) is 0 Å². The molecule has 2 fully saturated rings. The summed E-state index contributed by atoms with van der Waals surface area (Å²) in [7, 11) is 1.69. The van der Waals surface area contributed by atoms with Gasteiger partial charge >= 0.3 is 6.18 Å². The van der Waals surface area contributed by atoms with Crippen LogP contribution in [-0.4, -0.2) is 62.5 Å². The fourth-order valence-corrected chi connectivity index (χ4v) is 5.23. The molecule has 0 radical (unpaired) electrons. The second kappa shape index (κ2) is 9.45. The molecule has 0 unspecified atom stereocenters. The second-order valence-corrected chi connectivity index (χ2v) is 9.28. The van der Waals surface area contributed by atoms with Crippen LogP contribution >= 0.6 is 0 Å². The molecule has 1 aromatic carbocycles. The maximum Gasteiger partial charge on any atom is 0.416 e. The maximum absolute atomic E-state index is 13.8. The third-order valence-corrected chi connectivity index (χ3v) is 7.09. The summed E-state index contributed by atoms with van der Waals surface area (Å²) in [4.78, 5) is 27.0. The highest BCUT2D eigenvalue weighted by atomic mass is 19.4. The Morgan fingerprint density at radius 1 is 1.00 bits per heavy atom. The van der Waals surface area contributed by atoms with Crippen LogP contribution in [0.3, 0.4) is 0 Å². The van der Waals surface area contributed by atoms with Crippen molar-refractivity contribution in [2.75, 3.05) is 26.2 Å². The Morgan fingerprint density at radius 3 is 2.37 bits per heavy atom. The predicted octanol–water partition coefficient (Wildman–Crippen LogP) is 4.87. The van der Waals surface area contributed by atoms with Gasteiger partial charge in [0.25, 0.3) is 5.91 Å². The van der Waals surface area contributed by atoms with E-state index in [1.807, 2.05) is 11.0 Å². The molecule has 9 heteroatoms. The molecule has 2 aromatic heterocycles. The monoisotopic (exact) mass is 483 g/mol. The first-order valence-electron chi connectivity index (χ1n) is 12.0. The first kappa shape index (κ1) is 23.5. The van der Waals surface area contributed by atoms with Gasteiger partial charge in [-0.05, 0) is 63.0 Å². The number of likely N-dealkylation sites (tertiary alicyclic amines) is 2. The molecule has 3 aromatic rings. The van der Waals surface area contributed by atoms with Crippen LogP contribution in [0.5, 0.6) is 0 Å². The summed E-state index contributed by atoms with van der Waals surface area (Å²) < 4.78 is 41.7. The van der Waals surface area contributed by atoms with E-state index < -0.39 is 11.7 Å². The lowest BCUT2D eigenvalue weighted by Crippen LogP contribution is -2.46. The number of hydrogen-bond donors (Lipinski definition) is 0. The topological polar surface area (TPSA) is 54.3 Å². The Labute approximate surface area is 202 Å². The minimum Gasteiger partial charge on any atom is -0.337 e. The number of pyridine rings is 1.